The van der Waals surface area contributed by atoms with Crippen LogP contribution in [0.5, 0.6) is 0 Å². The van der Waals surface area contributed by atoms with Gasteiger partial charge < -0.3 is 10.6 Å². The van der Waals surface area contributed by atoms with Crippen LogP contribution in [0.1, 0.15) is 32.1 Å². The van der Waals surface area contributed by atoms with Crippen LogP contribution in [0.3, 0.4) is 0 Å². The lowest BCUT2D eigenvalue weighted by molar-refractivity contribution is 0.576. The van der Waals surface area contributed by atoms with Crippen LogP contribution in [0.25, 0.3) is 0 Å². The minimum Gasteiger partial charge on any atom is -0.367 e. The van der Waals surface area contributed by atoms with Crippen molar-refractivity contribution in [2.75, 3.05) is 25.0 Å². The first-order valence-corrected chi connectivity index (χ1v) is 9.07. The van der Waals surface area contributed by atoms with Gasteiger partial charge in [-0.15, -0.1) is 0 Å². The third-order valence-corrected chi connectivity index (χ3v) is 5.56. The molecule has 0 radical (unpaired) electrons. The third kappa shape index (κ3) is 3.75. The van der Waals surface area contributed by atoms with Crippen molar-refractivity contribution in [2.45, 2.75) is 43.0 Å². The molecule has 3 N–H and O–H groups in total. The van der Waals surface area contributed by atoms with Crippen LogP contribution in [0, 0.1) is 0 Å². The number of hydrogen-bond acceptors (Lipinski definition) is 4. The van der Waals surface area contributed by atoms with Gasteiger partial charge in [-0.2, -0.15) is 0 Å². The van der Waals surface area contributed by atoms with E-state index in [0.29, 0.717) is 17.5 Å². The topological polar surface area (TPSA) is 75.4 Å². The first-order chi connectivity index (χ1) is 10.1. The van der Waals surface area contributed by atoms with Crippen molar-refractivity contribution in [3.8, 4) is 0 Å². The number of hydrogen-bond donors (Lipinski definition) is 2. The molecule has 1 saturated carbocycles. The van der Waals surface area contributed by atoms with E-state index < -0.39 is 10.0 Å². The zero-order valence-electron chi connectivity index (χ0n) is 12.6. The Morgan fingerprint density at radius 2 is 1.95 bits per heavy atom. The molecule has 6 heteroatoms. The lowest BCUT2D eigenvalue weighted by Gasteiger charge is -2.32. The van der Waals surface area contributed by atoms with Gasteiger partial charge in [-0.3, -0.25) is 0 Å². The SMILES string of the molecule is CNS(=O)(=O)c1ccccc1N(CCCN)C1CCCC1. The maximum Gasteiger partial charge on any atom is 0.242 e. The lowest BCUT2D eigenvalue weighted by Crippen LogP contribution is -2.36. The highest BCUT2D eigenvalue weighted by Crippen LogP contribution is 2.32. The fourth-order valence-corrected chi connectivity index (χ4v) is 3.95. The summed E-state index contributed by atoms with van der Waals surface area (Å²) < 4.78 is 26.9. The van der Waals surface area contributed by atoms with Crippen LogP contribution in [0.4, 0.5) is 5.69 Å². The van der Waals surface area contributed by atoms with E-state index in [9.17, 15) is 8.42 Å². The van der Waals surface area contributed by atoms with Crippen LogP contribution in [0.15, 0.2) is 29.2 Å². The fourth-order valence-electron chi connectivity index (χ4n) is 3.01. The van der Waals surface area contributed by atoms with Gasteiger partial charge in [-0.25, -0.2) is 13.1 Å². The summed E-state index contributed by atoms with van der Waals surface area (Å²) >= 11 is 0. The summed E-state index contributed by atoms with van der Waals surface area (Å²) in [6.07, 6.45) is 5.54. The first-order valence-electron chi connectivity index (χ1n) is 7.59. The quantitative estimate of drug-likeness (QED) is 0.803. The second kappa shape index (κ2) is 7.24. The Morgan fingerprint density at radius 1 is 1.29 bits per heavy atom. The standard InChI is InChI=1S/C15H25N3O2S/c1-17-21(19,20)15-10-5-4-9-14(15)18(12-6-11-16)13-7-2-3-8-13/h4-5,9-10,13,17H,2-3,6-8,11-12,16H2,1H3. The van der Waals surface area contributed by atoms with Gasteiger partial charge in [-0.05, 0) is 45.0 Å². The Hall–Kier alpha value is -1.11. The predicted molar refractivity (Wildman–Crippen MR) is 86.0 cm³/mol. The number of nitrogens with one attached hydrogen (secondary N) is 1. The number of nitrogens with two attached hydrogens (primary N) is 1. The Balaban J connectivity index is 2.39. The average molecular weight is 311 g/mol. The van der Waals surface area contributed by atoms with Gasteiger partial charge in [0, 0.05) is 12.6 Å². The Morgan fingerprint density at radius 3 is 2.57 bits per heavy atom. The van der Waals surface area contributed by atoms with Crippen molar-refractivity contribution < 1.29 is 8.42 Å². The molecule has 2 rings (SSSR count). The molecule has 0 aliphatic heterocycles. The third-order valence-electron chi connectivity index (χ3n) is 4.10. The molecule has 1 fully saturated rings. The van der Waals surface area contributed by atoms with Crippen LogP contribution in [-0.2, 0) is 10.0 Å². The normalized spacial score (nSPS) is 16.3. The molecule has 0 aromatic heterocycles. The number of nitrogens with zero attached hydrogens (tertiary/aromatic N) is 1. The highest BCUT2D eigenvalue weighted by Gasteiger charge is 2.27. The average Bonchev–Trinajstić information content (AvgIpc) is 3.02. The summed E-state index contributed by atoms with van der Waals surface area (Å²) in [5.74, 6) is 0. The van der Waals surface area contributed by atoms with E-state index in [1.807, 2.05) is 12.1 Å². The minimum absolute atomic E-state index is 0.358. The van der Waals surface area contributed by atoms with Crippen molar-refractivity contribution in [3.63, 3.8) is 0 Å². The second-order valence-corrected chi connectivity index (χ2v) is 7.30. The van der Waals surface area contributed by atoms with Crippen LogP contribution < -0.4 is 15.4 Å². The molecule has 0 heterocycles. The minimum atomic E-state index is -3.45. The van der Waals surface area contributed by atoms with Gasteiger partial charge in [0.05, 0.1) is 5.69 Å². The van der Waals surface area contributed by atoms with Crippen LogP contribution >= 0.6 is 0 Å². The zero-order chi connectivity index (χ0) is 15.3. The molecular weight excluding hydrogens is 286 g/mol. The number of rotatable bonds is 7. The highest BCUT2D eigenvalue weighted by atomic mass is 32.2. The van der Waals surface area contributed by atoms with E-state index in [2.05, 4.69) is 9.62 Å². The van der Waals surface area contributed by atoms with Crippen molar-refractivity contribution in [3.05, 3.63) is 24.3 Å². The van der Waals surface area contributed by atoms with E-state index >= 15 is 0 Å². The van der Waals surface area contributed by atoms with Crippen molar-refractivity contribution in [1.29, 1.82) is 0 Å². The van der Waals surface area contributed by atoms with E-state index in [1.165, 1.54) is 19.9 Å². The smallest absolute Gasteiger partial charge is 0.242 e. The molecule has 5 nitrogen and oxygen atoms in total. The lowest BCUT2D eigenvalue weighted by atomic mass is 10.1. The van der Waals surface area contributed by atoms with Gasteiger partial charge in [0.25, 0.3) is 0 Å². The van der Waals surface area contributed by atoms with Crippen LogP contribution in [0.2, 0.25) is 0 Å². The largest absolute Gasteiger partial charge is 0.367 e. The number of sulfonamides is 1. The fraction of sp³-hybridized carbons (Fsp3) is 0.600. The summed E-state index contributed by atoms with van der Waals surface area (Å²) in [7, 11) is -2.00. The second-order valence-electron chi connectivity index (χ2n) is 5.45. The Kier molecular flexibility index (Phi) is 5.61. The molecule has 0 amide bonds. The maximum atomic E-state index is 12.3. The van der Waals surface area contributed by atoms with Crippen LogP contribution in [-0.4, -0.2) is 34.6 Å². The van der Waals surface area contributed by atoms with E-state index in [4.69, 9.17) is 5.73 Å². The van der Waals surface area contributed by atoms with Crippen molar-refractivity contribution in [2.24, 2.45) is 5.73 Å². The van der Waals surface area contributed by atoms with E-state index in [-0.39, 0.29) is 0 Å². The van der Waals surface area contributed by atoms with Crippen molar-refractivity contribution in [1.82, 2.24) is 4.72 Å². The van der Waals surface area contributed by atoms with Gasteiger partial charge in [0.15, 0.2) is 0 Å². The molecule has 0 unspecified atom stereocenters. The van der Waals surface area contributed by atoms with E-state index in [0.717, 1.165) is 31.5 Å². The summed E-state index contributed by atoms with van der Waals surface area (Å²) in [5.41, 5.74) is 6.44. The van der Waals surface area contributed by atoms with Gasteiger partial charge in [-0.1, -0.05) is 25.0 Å². The molecule has 1 aromatic carbocycles. The molecule has 0 saturated heterocycles. The maximum absolute atomic E-state index is 12.3. The molecule has 118 valence electrons. The summed E-state index contributed by atoms with van der Waals surface area (Å²) in [6.45, 7) is 1.42. The molecule has 21 heavy (non-hydrogen) atoms. The summed E-state index contributed by atoms with van der Waals surface area (Å²) in [5, 5.41) is 0. The molecule has 1 aliphatic rings. The van der Waals surface area contributed by atoms with Gasteiger partial charge in [0.2, 0.25) is 10.0 Å². The highest BCUT2D eigenvalue weighted by molar-refractivity contribution is 7.89. The van der Waals surface area contributed by atoms with Gasteiger partial charge >= 0.3 is 0 Å². The molecule has 1 aromatic rings. The number of anilines is 1. The van der Waals surface area contributed by atoms with Crippen molar-refractivity contribution >= 4 is 15.7 Å². The molecule has 0 atom stereocenters. The monoisotopic (exact) mass is 311 g/mol. The Bertz CT molecular complexity index is 554. The Labute approximate surface area is 127 Å². The predicted octanol–water partition coefficient (Wildman–Crippen LogP) is 1.69. The van der Waals surface area contributed by atoms with E-state index in [1.54, 1.807) is 12.1 Å². The zero-order valence-corrected chi connectivity index (χ0v) is 13.4. The molecule has 0 bridgehead atoms. The number of benzene rings is 1. The first kappa shape index (κ1) is 16.3. The number of para-hydroxylation sites is 1. The molecule has 0 spiro atoms. The summed E-state index contributed by atoms with van der Waals surface area (Å²) in [6, 6.07) is 7.66. The summed E-state index contributed by atoms with van der Waals surface area (Å²) in [4.78, 5) is 2.60. The molecule has 1 aliphatic carbocycles. The van der Waals surface area contributed by atoms with Gasteiger partial charge in [0.1, 0.15) is 4.90 Å². The molecular formula is C15H25N3O2S.